The number of fused-ring (bicyclic) bond motifs is 1. The molecule has 0 aromatic heterocycles. The van der Waals surface area contributed by atoms with Gasteiger partial charge in [-0.25, -0.2) is 0 Å². The van der Waals surface area contributed by atoms with Crippen LogP contribution in [0.3, 0.4) is 0 Å². The molecule has 1 atom stereocenters. The van der Waals surface area contributed by atoms with Crippen molar-refractivity contribution in [1.82, 2.24) is 0 Å². The maximum absolute atomic E-state index is 5.73. The van der Waals surface area contributed by atoms with Gasteiger partial charge in [0.1, 0.15) is 0 Å². The van der Waals surface area contributed by atoms with Crippen molar-refractivity contribution < 1.29 is 0 Å². The van der Waals surface area contributed by atoms with E-state index in [1.807, 2.05) is 0 Å². The molecule has 0 radical (unpaired) electrons. The lowest BCUT2D eigenvalue weighted by atomic mass is 9.96. The molecule has 76 valence electrons. The van der Waals surface area contributed by atoms with Gasteiger partial charge in [0.25, 0.3) is 0 Å². The number of aryl methyl sites for hydroxylation is 1. The molecule has 3 heteroatoms. The lowest BCUT2D eigenvalue weighted by Gasteiger charge is -2.35. The van der Waals surface area contributed by atoms with Crippen LogP contribution >= 0.6 is 15.9 Å². The fraction of sp³-hybridized carbons (Fsp3) is 0.455. The minimum atomic E-state index is 0.503. The number of anilines is 1. The van der Waals surface area contributed by atoms with Crippen LogP contribution in [-0.2, 0) is 6.42 Å². The molecule has 0 bridgehead atoms. The van der Waals surface area contributed by atoms with Crippen LogP contribution in [0.5, 0.6) is 0 Å². The van der Waals surface area contributed by atoms with Gasteiger partial charge in [-0.2, -0.15) is 0 Å². The fourth-order valence-electron chi connectivity index (χ4n) is 2.09. The average molecular weight is 255 g/mol. The number of nitrogens with two attached hydrogens (primary N) is 1. The SMILES string of the molecule is CN1c2ccc(Br)cc2CCC1CN. The molecule has 1 aliphatic rings. The zero-order valence-corrected chi connectivity index (χ0v) is 9.92. The molecule has 0 spiro atoms. The van der Waals surface area contributed by atoms with Gasteiger partial charge in [-0.3, -0.25) is 0 Å². The van der Waals surface area contributed by atoms with Crippen LogP contribution in [0.1, 0.15) is 12.0 Å². The van der Waals surface area contributed by atoms with Gasteiger partial charge in [-0.15, -0.1) is 0 Å². The summed E-state index contributed by atoms with van der Waals surface area (Å²) in [5.74, 6) is 0. The van der Waals surface area contributed by atoms with Crippen molar-refractivity contribution in [2.24, 2.45) is 5.73 Å². The molecule has 0 saturated heterocycles. The van der Waals surface area contributed by atoms with E-state index in [4.69, 9.17) is 5.73 Å². The first-order valence-electron chi connectivity index (χ1n) is 4.93. The van der Waals surface area contributed by atoms with Crippen molar-refractivity contribution >= 4 is 21.6 Å². The lowest BCUT2D eigenvalue weighted by Crippen LogP contribution is -2.41. The van der Waals surface area contributed by atoms with Crippen LogP contribution in [0.4, 0.5) is 5.69 Å². The van der Waals surface area contributed by atoms with Crippen LogP contribution in [0.25, 0.3) is 0 Å². The minimum absolute atomic E-state index is 0.503. The monoisotopic (exact) mass is 254 g/mol. The van der Waals surface area contributed by atoms with Gasteiger partial charge >= 0.3 is 0 Å². The Bertz CT molecular complexity index is 338. The molecule has 2 rings (SSSR count). The highest BCUT2D eigenvalue weighted by atomic mass is 79.9. The summed E-state index contributed by atoms with van der Waals surface area (Å²) in [7, 11) is 2.13. The number of hydrogen-bond donors (Lipinski definition) is 1. The molecular formula is C11H15BrN2. The molecule has 0 amide bonds. The third kappa shape index (κ3) is 1.66. The molecule has 0 fully saturated rings. The van der Waals surface area contributed by atoms with Gasteiger partial charge in [-0.05, 0) is 36.6 Å². The van der Waals surface area contributed by atoms with E-state index in [1.165, 1.54) is 11.3 Å². The van der Waals surface area contributed by atoms with Gasteiger partial charge in [0.2, 0.25) is 0 Å². The largest absolute Gasteiger partial charge is 0.370 e. The average Bonchev–Trinajstić information content (AvgIpc) is 2.18. The van der Waals surface area contributed by atoms with E-state index in [9.17, 15) is 0 Å². The maximum atomic E-state index is 5.73. The van der Waals surface area contributed by atoms with Crippen molar-refractivity contribution in [2.45, 2.75) is 18.9 Å². The smallest absolute Gasteiger partial charge is 0.0412 e. The second-order valence-corrected chi connectivity index (χ2v) is 4.73. The summed E-state index contributed by atoms with van der Waals surface area (Å²) in [5.41, 5.74) is 8.48. The summed E-state index contributed by atoms with van der Waals surface area (Å²) in [6, 6.07) is 6.97. The first-order valence-corrected chi connectivity index (χ1v) is 5.73. The van der Waals surface area contributed by atoms with E-state index >= 15 is 0 Å². The summed E-state index contributed by atoms with van der Waals surface area (Å²) in [5, 5.41) is 0. The summed E-state index contributed by atoms with van der Waals surface area (Å²) < 4.78 is 1.16. The zero-order valence-electron chi connectivity index (χ0n) is 8.33. The van der Waals surface area contributed by atoms with Gasteiger partial charge in [-0.1, -0.05) is 15.9 Å². The van der Waals surface area contributed by atoms with Crippen LogP contribution < -0.4 is 10.6 Å². The predicted molar refractivity (Wildman–Crippen MR) is 63.7 cm³/mol. The van der Waals surface area contributed by atoms with E-state index in [0.717, 1.165) is 23.9 Å². The number of benzene rings is 1. The highest BCUT2D eigenvalue weighted by Gasteiger charge is 2.21. The van der Waals surface area contributed by atoms with Crippen LogP contribution in [0.15, 0.2) is 22.7 Å². The topological polar surface area (TPSA) is 29.3 Å². The van der Waals surface area contributed by atoms with E-state index in [0.29, 0.717) is 6.04 Å². The molecule has 1 aromatic carbocycles. The Morgan fingerprint density at radius 2 is 2.36 bits per heavy atom. The Balaban J connectivity index is 2.36. The molecule has 1 aliphatic heterocycles. The quantitative estimate of drug-likeness (QED) is 0.833. The molecule has 0 saturated carbocycles. The molecule has 1 unspecified atom stereocenters. The molecule has 1 heterocycles. The molecule has 2 N–H and O–H groups in total. The second-order valence-electron chi connectivity index (χ2n) is 3.81. The first kappa shape index (κ1) is 9.99. The lowest BCUT2D eigenvalue weighted by molar-refractivity contribution is 0.564. The standard InChI is InChI=1S/C11H15BrN2/c1-14-10(7-13)4-2-8-6-9(12)3-5-11(8)14/h3,5-6,10H,2,4,7,13H2,1H3. The summed E-state index contributed by atoms with van der Waals surface area (Å²) in [6.45, 7) is 0.742. The number of hydrogen-bond acceptors (Lipinski definition) is 2. The van der Waals surface area contributed by atoms with E-state index < -0.39 is 0 Å². The van der Waals surface area contributed by atoms with Crippen LogP contribution in [0.2, 0.25) is 0 Å². The van der Waals surface area contributed by atoms with E-state index in [2.05, 4.69) is 46.1 Å². The molecular weight excluding hydrogens is 240 g/mol. The van der Waals surface area contributed by atoms with Gasteiger partial charge in [0.05, 0.1) is 0 Å². The third-order valence-electron chi connectivity index (χ3n) is 2.99. The Morgan fingerprint density at radius 3 is 3.07 bits per heavy atom. The summed E-state index contributed by atoms with van der Waals surface area (Å²) in [6.07, 6.45) is 2.30. The van der Waals surface area contributed by atoms with Crippen LogP contribution in [-0.4, -0.2) is 19.6 Å². The van der Waals surface area contributed by atoms with Crippen LogP contribution in [0, 0.1) is 0 Å². The van der Waals surface area contributed by atoms with Gasteiger partial charge in [0, 0.05) is 29.8 Å². The fourth-order valence-corrected chi connectivity index (χ4v) is 2.50. The molecule has 14 heavy (non-hydrogen) atoms. The Kier molecular flexibility index (Phi) is 2.79. The minimum Gasteiger partial charge on any atom is -0.370 e. The maximum Gasteiger partial charge on any atom is 0.0412 e. The second kappa shape index (κ2) is 3.91. The van der Waals surface area contributed by atoms with Gasteiger partial charge in [0.15, 0.2) is 0 Å². The van der Waals surface area contributed by atoms with E-state index in [-0.39, 0.29) is 0 Å². The molecule has 0 aliphatic carbocycles. The molecule has 1 aromatic rings. The highest BCUT2D eigenvalue weighted by molar-refractivity contribution is 9.10. The predicted octanol–water partition coefficient (Wildman–Crippen LogP) is 2.16. The van der Waals surface area contributed by atoms with Crippen molar-refractivity contribution in [3.63, 3.8) is 0 Å². The van der Waals surface area contributed by atoms with E-state index in [1.54, 1.807) is 0 Å². The number of rotatable bonds is 1. The van der Waals surface area contributed by atoms with Gasteiger partial charge < -0.3 is 10.6 Å². The Hall–Kier alpha value is -0.540. The van der Waals surface area contributed by atoms with Crippen molar-refractivity contribution in [3.8, 4) is 0 Å². The van der Waals surface area contributed by atoms with Crippen molar-refractivity contribution in [2.75, 3.05) is 18.5 Å². The normalized spacial score (nSPS) is 20.8. The highest BCUT2D eigenvalue weighted by Crippen LogP contribution is 2.31. The number of nitrogens with zero attached hydrogens (tertiary/aromatic N) is 1. The Morgan fingerprint density at radius 1 is 1.57 bits per heavy atom. The third-order valence-corrected chi connectivity index (χ3v) is 3.48. The summed E-state index contributed by atoms with van der Waals surface area (Å²) >= 11 is 3.50. The summed E-state index contributed by atoms with van der Waals surface area (Å²) in [4.78, 5) is 2.30. The zero-order chi connectivity index (χ0) is 10.1. The number of halogens is 1. The molecule has 2 nitrogen and oxygen atoms in total. The first-order chi connectivity index (χ1) is 6.72. The van der Waals surface area contributed by atoms with Crippen molar-refractivity contribution in [1.29, 1.82) is 0 Å². The Labute approximate surface area is 93.2 Å². The number of likely N-dealkylation sites (N-methyl/N-ethyl adjacent to an activating group) is 1. The van der Waals surface area contributed by atoms with Crippen molar-refractivity contribution in [3.05, 3.63) is 28.2 Å².